The third-order valence-corrected chi connectivity index (χ3v) is 4.54. The molecule has 1 atom stereocenters. The van der Waals surface area contributed by atoms with Crippen molar-refractivity contribution in [3.63, 3.8) is 0 Å². The number of halogens is 1. The van der Waals surface area contributed by atoms with E-state index in [1.54, 1.807) is 35.4 Å². The average Bonchev–Trinajstić information content (AvgIpc) is 2.86. The van der Waals surface area contributed by atoms with Crippen LogP contribution in [-0.2, 0) is 16.6 Å². The van der Waals surface area contributed by atoms with Gasteiger partial charge in [-0.05, 0) is 36.6 Å². The topological polar surface area (TPSA) is 76.0 Å². The molecule has 2 rings (SSSR count). The molecule has 0 radical (unpaired) electrons. The highest BCUT2D eigenvalue weighted by atomic mass is 35.5. The Morgan fingerprint density at radius 1 is 1.42 bits per heavy atom. The Morgan fingerprint density at radius 2 is 2.17 bits per heavy atom. The van der Waals surface area contributed by atoms with E-state index in [4.69, 9.17) is 11.6 Å². The molecule has 24 heavy (non-hydrogen) atoms. The molecule has 0 fully saturated rings. The summed E-state index contributed by atoms with van der Waals surface area (Å²) in [5, 5.41) is 6.15. The van der Waals surface area contributed by atoms with Crippen LogP contribution in [0.3, 0.4) is 0 Å². The molecule has 1 heterocycles. The van der Waals surface area contributed by atoms with Crippen molar-refractivity contribution in [1.29, 1.82) is 0 Å². The van der Waals surface area contributed by atoms with Gasteiger partial charge >= 0.3 is 0 Å². The Kier molecular flexibility index (Phi) is 6.51. The number of aromatic nitrogens is 2. The average molecular weight is 369 g/mol. The summed E-state index contributed by atoms with van der Waals surface area (Å²) in [6.07, 6.45) is 2.87. The number of thioether (sulfide) groups is 1. The molecular weight excluding hydrogens is 348 g/mol. The second-order valence-corrected chi connectivity index (χ2v) is 6.79. The summed E-state index contributed by atoms with van der Waals surface area (Å²) >= 11 is 7.61. The minimum absolute atomic E-state index is 0.145. The molecule has 0 aliphatic rings. The zero-order chi connectivity index (χ0) is 17.7. The number of nitrogens with one attached hydrogen (secondary N) is 2. The summed E-state index contributed by atoms with van der Waals surface area (Å²) in [6, 6.07) is 4.80. The van der Waals surface area contributed by atoms with Gasteiger partial charge in [-0.2, -0.15) is 11.8 Å². The Labute approximate surface area is 150 Å². The quantitative estimate of drug-likeness (QED) is 0.787. The number of hydrogen-bond donors (Lipinski definition) is 2. The fraction of sp³-hybridized carbons (Fsp3) is 0.438. The number of amides is 2. The van der Waals surface area contributed by atoms with E-state index >= 15 is 0 Å². The van der Waals surface area contributed by atoms with Gasteiger partial charge in [0.05, 0.1) is 11.0 Å². The van der Waals surface area contributed by atoms with Crippen molar-refractivity contribution in [1.82, 2.24) is 14.9 Å². The molecule has 8 heteroatoms. The predicted molar refractivity (Wildman–Crippen MR) is 99.6 cm³/mol. The Balaban J connectivity index is 2.18. The van der Waals surface area contributed by atoms with Crippen molar-refractivity contribution >= 4 is 52.2 Å². The van der Waals surface area contributed by atoms with Crippen LogP contribution in [-0.4, -0.2) is 39.4 Å². The number of aryl methyl sites for hydroxylation is 1. The number of anilines is 1. The Morgan fingerprint density at radius 3 is 2.83 bits per heavy atom. The molecule has 0 aliphatic carbocycles. The van der Waals surface area contributed by atoms with Gasteiger partial charge < -0.3 is 9.88 Å². The first-order chi connectivity index (χ1) is 11.5. The predicted octanol–water partition coefficient (Wildman–Crippen LogP) is 2.81. The van der Waals surface area contributed by atoms with Gasteiger partial charge in [-0.15, -0.1) is 0 Å². The number of imidazole rings is 1. The van der Waals surface area contributed by atoms with E-state index in [0.29, 0.717) is 29.3 Å². The maximum Gasteiger partial charge on any atom is 0.249 e. The molecule has 0 bridgehead atoms. The third kappa shape index (κ3) is 4.42. The van der Waals surface area contributed by atoms with Crippen molar-refractivity contribution in [2.24, 2.45) is 7.05 Å². The van der Waals surface area contributed by atoms with E-state index < -0.39 is 6.04 Å². The van der Waals surface area contributed by atoms with Crippen LogP contribution in [0.4, 0.5) is 5.95 Å². The summed E-state index contributed by atoms with van der Waals surface area (Å²) in [7, 11) is 1.82. The zero-order valence-electron chi connectivity index (χ0n) is 13.9. The van der Waals surface area contributed by atoms with E-state index in [-0.39, 0.29) is 11.8 Å². The van der Waals surface area contributed by atoms with E-state index in [9.17, 15) is 9.59 Å². The van der Waals surface area contributed by atoms with E-state index in [2.05, 4.69) is 15.6 Å². The number of carbonyl (C=O) groups excluding carboxylic acids is 2. The number of carbonyl (C=O) groups is 2. The summed E-state index contributed by atoms with van der Waals surface area (Å²) in [6.45, 7) is 1.76. The lowest BCUT2D eigenvalue weighted by atomic mass is 10.2. The number of nitrogens with zero attached hydrogens (tertiary/aromatic N) is 2. The van der Waals surface area contributed by atoms with Crippen molar-refractivity contribution < 1.29 is 9.59 Å². The molecule has 6 nitrogen and oxygen atoms in total. The maximum atomic E-state index is 12.6. The Hall–Kier alpha value is -1.73. The van der Waals surface area contributed by atoms with Gasteiger partial charge in [0, 0.05) is 18.5 Å². The van der Waals surface area contributed by atoms with Crippen LogP contribution >= 0.6 is 23.4 Å². The lowest BCUT2D eigenvalue weighted by Gasteiger charge is -2.17. The lowest BCUT2D eigenvalue weighted by Crippen LogP contribution is -2.44. The number of fused-ring (bicyclic) bond motifs is 1. The van der Waals surface area contributed by atoms with Crippen molar-refractivity contribution in [2.45, 2.75) is 25.8 Å². The van der Waals surface area contributed by atoms with Crippen LogP contribution in [0.25, 0.3) is 11.0 Å². The van der Waals surface area contributed by atoms with Gasteiger partial charge in [-0.3, -0.25) is 14.9 Å². The molecule has 130 valence electrons. The standard InChI is InChI=1S/C16H21ClN4O2S/c1-4-14(22)18-11(7-8-24-3)15(23)20-16-19-12-9-10(17)5-6-13(12)21(16)2/h5-6,9,11H,4,7-8H2,1-3H3,(H,18,22)(H,19,20,23)/t11-/m0/s1. The van der Waals surface area contributed by atoms with Gasteiger partial charge in [0.15, 0.2) is 0 Å². The van der Waals surface area contributed by atoms with E-state index in [1.165, 1.54) is 0 Å². The van der Waals surface area contributed by atoms with E-state index in [0.717, 1.165) is 11.3 Å². The molecule has 1 aromatic heterocycles. The lowest BCUT2D eigenvalue weighted by molar-refractivity contribution is -0.126. The SMILES string of the molecule is CCC(=O)N[C@@H](CCSC)C(=O)Nc1nc2cc(Cl)ccc2n1C. The molecule has 0 spiro atoms. The van der Waals surface area contributed by atoms with Crippen LogP contribution in [0.2, 0.25) is 5.02 Å². The van der Waals surface area contributed by atoms with Crippen LogP contribution in [0.15, 0.2) is 18.2 Å². The number of hydrogen-bond acceptors (Lipinski definition) is 4. The van der Waals surface area contributed by atoms with Crippen molar-refractivity contribution in [3.8, 4) is 0 Å². The first-order valence-corrected chi connectivity index (χ1v) is 9.44. The van der Waals surface area contributed by atoms with Gasteiger partial charge in [0.25, 0.3) is 0 Å². The minimum Gasteiger partial charge on any atom is -0.344 e. The molecule has 2 aromatic rings. The summed E-state index contributed by atoms with van der Waals surface area (Å²) in [4.78, 5) is 28.6. The fourth-order valence-corrected chi connectivity index (χ4v) is 2.92. The number of benzene rings is 1. The van der Waals surface area contributed by atoms with Crippen LogP contribution in [0, 0.1) is 0 Å². The van der Waals surface area contributed by atoms with Gasteiger partial charge in [-0.1, -0.05) is 18.5 Å². The number of rotatable bonds is 7. The van der Waals surface area contributed by atoms with Crippen molar-refractivity contribution in [2.75, 3.05) is 17.3 Å². The highest BCUT2D eigenvalue weighted by Gasteiger charge is 2.21. The Bertz CT molecular complexity index is 747. The van der Waals surface area contributed by atoms with Crippen molar-refractivity contribution in [3.05, 3.63) is 23.2 Å². The molecule has 1 aromatic carbocycles. The molecule has 2 N–H and O–H groups in total. The molecular formula is C16H21ClN4O2S. The minimum atomic E-state index is -0.576. The first-order valence-electron chi connectivity index (χ1n) is 7.67. The second kappa shape index (κ2) is 8.39. The molecule has 0 aliphatic heterocycles. The smallest absolute Gasteiger partial charge is 0.249 e. The highest BCUT2D eigenvalue weighted by molar-refractivity contribution is 7.98. The van der Waals surface area contributed by atoms with Crippen LogP contribution in [0.5, 0.6) is 0 Å². The monoisotopic (exact) mass is 368 g/mol. The third-order valence-electron chi connectivity index (χ3n) is 3.66. The van der Waals surface area contributed by atoms with Gasteiger partial charge in [0.2, 0.25) is 17.8 Å². The fourth-order valence-electron chi connectivity index (χ4n) is 2.28. The van der Waals surface area contributed by atoms with Gasteiger partial charge in [-0.25, -0.2) is 4.98 Å². The highest BCUT2D eigenvalue weighted by Crippen LogP contribution is 2.22. The van der Waals surface area contributed by atoms with E-state index in [1.807, 2.05) is 19.4 Å². The molecule has 2 amide bonds. The van der Waals surface area contributed by atoms with Gasteiger partial charge in [0.1, 0.15) is 6.04 Å². The maximum absolute atomic E-state index is 12.6. The zero-order valence-corrected chi connectivity index (χ0v) is 15.5. The molecule has 0 saturated carbocycles. The first kappa shape index (κ1) is 18.6. The molecule has 0 unspecified atom stereocenters. The summed E-state index contributed by atoms with van der Waals surface area (Å²) in [5.74, 6) is 0.792. The summed E-state index contributed by atoms with van der Waals surface area (Å²) in [5.41, 5.74) is 1.58. The van der Waals surface area contributed by atoms with Crippen LogP contribution < -0.4 is 10.6 Å². The second-order valence-electron chi connectivity index (χ2n) is 5.37. The normalized spacial score (nSPS) is 12.2. The summed E-state index contributed by atoms with van der Waals surface area (Å²) < 4.78 is 1.79. The largest absolute Gasteiger partial charge is 0.344 e. The molecule has 0 saturated heterocycles. The van der Waals surface area contributed by atoms with Crippen LogP contribution in [0.1, 0.15) is 19.8 Å².